The second kappa shape index (κ2) is 3.69. The molecule has 4 heteroatoms. The zero-order valence-corrected chi connectivity index (χ0v) is 5.00. The lowest BCUT2D eigenvalue weighted by Crippen LogP contribution is -2.09. The summed E-state index contributed by atoms with van der Waals surface area (Å²) in [4.78, 5) is 23.1. The third-order valence-corrected chi connectivity index (χ3v) is 0.751. The molecule has 0 aromatic heterocycles. The van der Waals surface area contributed by atoms with Crippen LogP contribution in [0.2, 0.25) is 0 Å². The first-order valence-electron chi connectivity index (χ1n) is 2.38. The van der Waals surface area contributed by atoms with Crippen LogP contribution in [0.5, 0.6) is 0 Å². The van der Waals surface area contributed by atoms with E-state index in [4.69, 9.17) is 5.53 Å². The van der Waals surface area contributed by atoms with Crippen LogP contribution in [0.4, 0.5) is 0 Å². The first-order valence-corrected chi connectivity index (χ1v) is 2.38. The van der Waals surface area contributed by atoms with Crippen LogP contribution < -0.4 is 0 Å². The maximum absolute atomic E-state index is 10.3. The summed E-state index contributed by atoms with van der Waals surface area (Å²) in [6.45, 7) is 1.17. The molecule has 0 aromatic carbocycles. The van der Waals surface area contributed by atoms with Crippen molar-refractivity contribution in [1.29, 1.82) is 0 Å². The van der Waals surface area contributed by atoms with Crippen molar-refractivity contribution in [3.05, 3.63) is 5.53 Å². The van der Waals surface area contributed by atoms with Crippen molar-refractivity contribution in [2.75, 3.05) is 0 Å². The summed E-state index contributed by atoms with van der Waals surface area (Å²) in [5.74, 6) is -1.07. The van der Waals surface area contributed by atoms with Gasteiger partial charge < -0.3 is 5.53 Å². The van der Waals surface area contributed by atoms with E-state index < -0.39 is 11.6 Å². The predicted molar refractivity (Wildman–Crippen MR) is 30.0 cm³/mol. The van der Waals surface area contributed by atoms with E-state index in [2.05, 4.69) is 4.79 Å². The van der Waals surface area contributed by atoms with Crippen LogP contribution in [0.1, 0.15) is 13.3 Å². The van der Waals surface area contributed by atoms with Gasteiger partial charge in [0.05, 0.1) is 0 Å². The number of hydrogen-bond acceptors (Lipinski definition) is 2. The highest BCUT2D eigenvalue weighted by molar-refractivity contribution is 6.38. The van der Waals surface area contributed by atoms with Gasteiger partial charge >= 0.3 is 0 Å². The van der Waals surface area contributed by atoms with E-state index in [0.717, 1.165) is 6.21 Å². The van der Waals surface area contributed by atoms with Gasteiger partial charge in [-0.1, -0.05) is 0 Å². The van der Waals surface area contributed by atoms with Gasteiger partial charge in [-0.2, -0.15) is 4.79 Å². The summed E-state index contributed by atoms with van der Waals surface area (Å²) in [7, 11) is 0. The summed E-state index contributed by atoms with van der Waals surface area (Å²) >= 11 is 0. The minimum Gasteiger partial charge on any atom is -0.362 e. The monoisotopic (exact) mass is 126 g/mol. The van der Waals surface area contributed by atoms with Crippen LogP contribution >= 0.6 is 0 Å². The Morgan fingerprint density at radius 1 is 1.67 bits per heavy atom. The summed E-state index contributed by atoms with van der Waals surface area (Å²) < 4.78 is 0. The summed E-state index contributed by atoms with van der Waals surface area (Å²) in [6.07, 6.45) is 0.857. The molecule has 0 aliphatic rings. The summed E-state index contributed by atoms with van der Waals surface area (Å²) in [5, 5.41) is 0. The number of hydrogen-bond donors (Lipinski definition) is 0. The largest absolute Gasteiger partial charge is 0.362 e. The van der Waals surface area contributed by atoms with E-state index in [0.29, 0.717) is 0 Å². The molecule has 0 radical (unpaired) electrons. The Hall–Kier alpha value is -1.28. The lowest BCUT2D eigenvalue weighted by atomic mass is 10.2. The highest BCUT2D eigenvalue weighted by atomic mass is 16.2. The van der Waals surface area contributed by atoms with Crippen LogP contribution in [0.25, 0.3) is 5.53 Å². The Balaban J connectivity index is 3.78. The molecule has 4 nitrogen and oxygen atoms in total. The van der Waals surface area contributed by atoms with Crippen molar-refractivity contribution < 1.29 is 14.4 Å². The van der Waals surface area contributed by atoms with Crippen LogP contribution in [0.3, 0.4) is 0 Å². The Kier molecular flexibility index (Phi) is 3.16. The van der Waals surface area contributed by atoms with Gasteiger partial charge in [0, 0.05) is 6.92 Å². The molecule has 0 fully saturated rings. The molecule has 0 amide bonds. The Bertz CT molecular complexity index is 179. The van der Waals surface area contributed by atoms with E-state index in [1.54, 1.807) is 0 Å². The Morgan fingerprint density at radius 3 is 2.56 bits per heavy atom. The fourth-order valence-electron chi connectivity index (χ4n) is 0.267. The molecule has 0 aliphatic carbocycles. The second-order valence-electron chi connectivity index (χ2n) is 1.48. The van der Waals surface area contributed by atoms with Crippen molar-refractivity contribution in [2.45, 2.75) is 13.3 Å². The van der Waals surface area contributed by atoms with E-state index in [9.17, 15) is 9.59 Å². The molecule has 0 heterocycles. The number of rotatable bonds is 3. The number of Topliss-reactive ketones (excluding diaryl/α,β-unsaturated/α-hetero) is 2. The molecule has 0 bridgehead atoms. The first kappa shape index (κ1) is 7.72. The van der Waals surface area contributed by atoms with Gasteiger partial charge in [-0.05, 0) is 0 Å². The first-order chi connectivity index (χ1) is 4.18. The van der Waals surface area contributed by atoms with Gasteiger partial charge in [0.1, 0.15) is 6.42 Å². The van der Waals surface area contributed by atoms with Crippen molar-refractivity contribution >= 4 is 17.8 Å². The van der Waals surface area contributed by atoms with E-state index in [1.807, 2.05) is 0 Å². The van der Waals surface area contributed by atoms with Crippen molar-refractivity contribution in [1.82, 2.24) is 0 Å². The van der Waals surface area contributed by atoms with Gasteiger partial charge in [0.15, 0.2) is 5.78 Å². The summed E-state index contributed by atoms with van der Waals surface area (Å²) in [6, 6.07) is 0. The molecule has 0 N–H and O–H groups in total. The lowest BCUT2D eigenvalue weighted by Gasteiger charge is -1.80. The van der Waals surface area contributed by atoms with E-state index in [1.165, 1.54) is 6.92 Å². The Morgan fingerprint density at radius 2 is 2.22 bits per heavy atom. The number of carbonyl (C=O) groups excluding carboxylic acids is 2. The molecule has 0 atom stereocenters. The van der Waals surface area contributed by atoms with E-state index >= 15 is 0 Å². The maximum atomic E-state index is 10.3. The zero-order valence-electron chi connectivity index (χ0n) is 5.00. The molecular formula is C5H6N2O2. The van der Waals surface area contributed by atoms with Gasteiger partial charge in [-0.3, -0.25) is 9.59 Å². The van der Waals surface area contributed by atoms with Gasteiger partial charge in [-0.15, -0.1) is 0 Å². The highest BCUT2D eigenvalue weighted by Crippen LogP contribution is 1.78. The van der Waals surface area contributed by atoms with Gasteiger partial charge in [0.2, 0.25) is 5.78 Å². The number of nitrogens with zero attached hydrogens (tertiary/aromatic N) is 2. The second-order valence-corrected chi connectivity index (χ2v) is 1.48. The lowest BCUT2D eigenvalue weighted by molar-refractivity contribution is -0.134. The van der Waals surface area contributed by atoms with Crippen molar-refractivity contribution in [2.24, 2.45) is 0 Å². The van der Waals surface area contributed by atoms with Crippen molar-refractivity contribution in [3.8, 4) is 0 Å². The molecule has 0 saturated heterocycles. The molecule has 0 unspecified atom stereocenters. The normalized spacial score (nSPS) is 7.67. The van der Waals surface area contributed by atoms with Crippen LogP contribution in [-0.2, 0) is 9.59 Å². The smallest absolute Gasteiger partial charge is 0.265 e. The molecule has 0 aromatic rings. The predicted octanol–water partition coefficient (Wildman–Crippen LogP) is -0.165. The molecule has 0 saturated carbocycles. The quantitative estimate of drug-likeness (QED) is 0.228. The van der Waals surface area contributed by atoms with E-state index in [-0.39, 0.29) is 6.42 Å². The zero-order chi connectivity index (χ0) is 7.28. The minimum atomic E-state index is -0.548. The standard InChI is InChI=1S/C5H6N2O2/c1-4(8)5(9)2-3-7-6/h3H,2H2,1H3. The fourth-order valence-corrected chi connectivity index (χ4v) is 0.267. The van der Waals surface area contributed by atoms with Gasteiger partial charge in [0.25, 0.3) is 6.21 Å². The Labute approximate surface area is 52.1 Å². The average molecular weight is 126 g/mol. The SMILES string of the molecule is CC(=O)C(=O)CC=[N+]=[N-]. The topological polar surface area (TPSA) is 70.5 Å². The molecule has 48 valence electrons. The molecule has 0 aliphatic heterocycles. The highest BCUT2D eigenvalue weighted by Gasteiger charge is 2.06. The van der Waals surface area contributed by atoms with Crippen LogP contribution in [-0.4, -0.2) is 22.6 Å². The third-order valence-electron chi connectivity index (χ3n) is 0.751. The number of ketones is 2. The number of carbonyl (C=O) groups is 2. The molecule has 0 spiro atoms. The molecular weight excluding hydrogens is 120 g/mol. The maximum Gasteiger partial charge on any atom is 0.265 e. The van der Waals surface area contributed by atoms with Gasteiger partial charge in [-0.25, -0.2) is 0 Å². The van der Waals surface area contributed by atoms with Crippen LogP contribution in [0.15, 0.2) is 0 Å². The average Bonchev–Trinajstić information content (AvgIpc) is 1.82. The third kappa shape index (κ3) is 3.32. The van der Waals surface area contributed by atoms with Crippen LogP contribution in [0, 0.1) is 0 Å². The molecule has 9 heavy (non-hydrogen) atoms. The minimum absolute atomic E-state index is 0.119. The summed E-state index contributed by atoms with van der Waals surface area (Å²) in [5.41, 5.74) is 7.80. The van der Waals surface area contributed by atoms with Crippen molar-refractivity contribution in [3.63, 3.8) is 0 Å². The molecule has 0 rings (SSSR count). The fraction of sp³-hybridized carbons (Fsp3) is 0.400.